The Morgan fingerprint density at radius 1 is 0.769 bits per heavy atom. The Hall–Kier alpha value is -3.53. The van der Waals surface area contributed by atoms with Crippen LogP contribution in [0.5, 0.6) is 5.75 Å². The van der Waals surface area contributed by atoms with Crippen molar-refractivity contribution in [1.29, 1.82) is 0 Å². The number of hydrogen-bond donors (Lipinski definition) is 0. The Balaban J connectivity index is 1.78. The lowest BCUT2D eigenvalue weighted by molar-refractivity contribution is 0.0734. The van der Waals surface area contributed by atoms with E-state index in [0.29, 0.717) is 16.9 Å². The maximum atomic E-state index is 13.0. The molecule has 0 aromatic heterocycles. The van der Waals surface area contributed by atoms with Gasteiger partial charge in [0.05, 0.1) is 5.56 Å². The highest BCUT2D eigenvalue weighted by Gasteiger charge is 2.11. The van der Waals surface area contributed by atoms with Crippen molar-refractivity contribution in [1.82, 2.24) is 0 Å². The number of carbonyl (C=O) groups is 2. The van der Waals surface area contributed by atoms with Crippen LogP contribution in [0.4, 0.5) is 4.39 Å². The van der Waals surface area contributed by atoms with E-state index < -0.39 is 11.8 Å². The zero-order chi connectivity index (χ0) is 18.4. The smallest absolute Gasteiger partial charge is 0.343 e. The van der Waals surface area contributed by atoms with E-state index in [9.17, 15) is 14.0 Å². The number of hydrogen-bond acceptors (Lipinski definition) is 3. The summed E-state index contributed by atoms with van der Waals surface area (Å²) in [6.45, 7) is 0. The minimum absolute atomic E-state index is 0.148. The van der Waals surface area contributed by atoms with Crippen LogP contribution in [0.2, 0.25) is 0 Å². The fourth-order valence-corrected chi connectivity index (χ4v) is 2.32. The summed E-state index contributed by atoms with van der Waals surface area (Å²) in [5.41, 5.74) is 1.40. The van der Waals surface area contributed by atoms with Gasteiger partial charge in [0.1, 0.15) is 11.6 Å². The normalized spacial score (nSPS) is 10.7. The fourth-order valence-electron chi connectivity index (χ4n) is 2.32. The number of allylic oxidation sites excluding steroid dienone is 1. The lowest BCUT2D eigenvalue weighted by Crippen LogP contribution is -2.09. The number of esters is 1. The number of rotatable bonds is 5. The molecule has 0 aliphatic rings. The van der Waals surface area contributed by atoms with Crippen LogP contribution in [-0.4, -0.2) is 11.8 Å². The third-order valence-electron chi connectivity index (χ3n) is 3.67. The molecule has 26 heavy (non-hydrogen) atoms. The second-order valence-corrected chi connectivity index (χ2v) is 5.50. The Morgan fingerprint density at radius 3 is 2.15 bits per heavy atom. The van der Waals surface area contributed by atoms with E-state index in [1.165, 1.54) is 30.3 Å². The van der Waals surface area contributed by atoms with E-state index in [0.717, 1.165) is 0 Å². The average Bonchev–Trinajstić information content (AvgIpc) is 2.68. The van der Waals surface area contributed by atoms with Crippen LogP contribution in [0.25, 0.3) is 6.08 Å². The third-order valence-corrected chi connectivity index (χ3v) is 3.67. The first-order chi connectivity index (χ1) is 12.6. The molecular formula is C22H15FO3. The zero-order valence-electron chi connectivity index (χ0n) is 13.8. The molecule has 0 aliphatic heterocycles. The Bertz CT molecular complexity index is 945. The van der Waals surface area contributed by atoms with Gasteiger partial charge in [-0.2, -0.15) is 0 Å². The molecule has 0 atom stereocenters. The SMILES string of the molecule is O=C(/C=C/c1ccccc1OC(=O)c1ccc(F)cc1)c1ccccc1. The van der Waals surface area contributed by atoms with Gasteiger partial charge in [-0.1, -0.05) is 48.5 Å². The average molecular weight is 346 g/mol. The molecule has 0 bridgehead atoms. The fraction of sp³-hybridized carbons (Fsp3) is 0. The van der Waals surface area contributed by atoms with Gasteiger partial charge in [0.25, 0.3) is 0 Å². The molecule has 0 saturated heterocycles. The van der Waals surface area contributed by atoms with Gasteiger partial charge < -0.3 is 4.74 Å². The molecule has 3 aromatic carbocycles. The molecule has 128 valence electrons. The van der Waals surface area contributed by atoms with Crippen LogP contribution in [0.1, 0.15) is 26.3 Å². The summed E-state index contributed by atoms with van der Waals surface area (Å²) in [6.07, 6.45) is 3.03. The Kier molecular flexibility index (Phi) is 5.34. The van der Waals surface area contributed by atoms with Crippen LogP contribution in [0.15, 0.2) is 84.9 Å². The van der Waals surface area contributed by atoms with Crippen LogP contribution in [-0.2, 0) is 0 Å². The largest absolute Gasteiger partial charge is 0.422 e. The molecule has 0 amide bonds. The van der Waals surface area contributed by atoms with Crippen molar-refractivity contribution < 1.29 is 18.7 Å². The van der Waals surface area contributed by atoms with Gasteiger partial charge in [0.2, 0.25) is 0 Å². The summed E-state index contributed by atoms with van der Waals surface area (Å²) in [5.74, 6) is -0.853. The second-order valence-electron chi connectivity index (χ2n) is 5.50. The highest BCUT2D eigenvalue weighted by Crippen LogP contribution is 2.21. The molecule has 0 unspecified atom stereocenters. The minimum atomic E-state index is -0.597. The van der Waals surface area contributed by atoms with Gasteiger partial charge in [-0.15, -0.1) is 0 Å². The molecule has 3 nitrogen and oxygen atoms in total. The quantitative estimate of drug-likeness (QED) is 0.284. The first-order valence-corrected chi connectivity index (χ1v) is 7.98. The van der Waals surface area contributed by atoms with E-state index in [2.05, 4.69) is 0 Å². The highest BCUT2D eigenvalue weighted by molar-refractivity contribution is 6.07. The topological polar surface area (TPSA) is 43.4 Å². The molecule has 0 heterocycles. The predicted octanol–water partition coefficient (Wildman–Crippen LogP) is 4.94. The number of ketones is 1. The Morgan fingerprint density at radius 2 is 1.42 bits per heavy atom. The molecule has 0 spiro atoms. The standard InChI is InChI=1S/C22H15FO3/c23-19-13-10-18(11-14-19)22(25)26-21-9-5-4-8-17(21)12-15-20(24)16-6-2-1-3-7-16/h1-15H/b15-12+. The molecule has 3 aromatic rings. The van der Waals surface area contributed by atoms with E-state index >= 15 is 0 Å². The summed E-state index contributed by atoms with van der Waals surface area (Å²) >= 11 is 0. The molecule has 0 fully saturated rings. The molecule has 4 heteroatoms. The summed E-state index contributed by atoms with van der Waals surface area (Å²) < 4.78 is 18.3. The second kappa shape index (κ2) is 8.03. The van der Waals surface area contributed by atoms with Crippen LogP contribution in [0.3, 0.4) is 0 Å². The van der Waals surface area contributed by atoms with Crippen molar-refractivity contribution in [3.8, 4) is 5.75 Å². The molecule has 0 N–H and O–H groups in total. The van der Waals surface area contributed by atoms with Crippen LogP contribution >= 0.6 is 0 Å². The number of halogens is 1. The van der Waals surface area contributed by atoms with Gasteiger partial charge in [0.15, 0.2) is 5.78 Å². The highest BCUT2D eigenvalue weighted by atomic mass is 19.1. The van der Waals surface area contributed by atoms with Crippen molar-refractivity contribution >= 4 is 17.8 Å². The molecule has 0 saturated carbocycles. The lowest BCUT2D eigenvalue weighted by atomic mass is 10.1. The van der Waals surface area contributed by atoms with Gasteiger partial charge in [0, 0.05) is 11.1 Å². The molecule has 3 rings (SSSR count). The van der Waals surface area contributed by atoms with Crippen LogP contribution in [0, 0.1) is 5.82 Å². The van der Waals surface area contributed by atoms with Gasteiger partial charge in [-0.3, -0.25) is 4.79 Å². The molecule has 0 radical (unpaired) electrons. The van der Waals surface area contributed by atoms with E-state index in [-0.39, 0.29) is 11.3 Å². The summed E-state index contributed by atoms with van der Waals surface area (Å²) in [6, 6.07) is 20.9. The number of carbonyl (C=O) groups excluding carboxylic acids is 2. The first-order valence-electron chi connectivity index (χ1n) is 7.98. The van der Waals surface area contributed by atoms with E-state index in [1.807, 2.05) is 6.07 Å². The lowest BCUT2D eigenvalue weighted by Gasteiger charge is -2.07. The van der Waals surface area contributed by atoms with E-state index in [4.69, 9.17) is 4.74 Å². The van der Waals surface area contributed by atoms with Crippen molar-refractivity contribution in [2.75, 3.05) is 0 Å². The van der Waals surface area contributed by atoms with Crippen molar-refractivity contribution in [2.24, 2.45) is 0 Å². The number of ether oxygens (including phenoxy) is 1. The zero-order valence-corrected chi connectivity index (χ0v) is 13.8. The van der Waals surface area contributed by atoms with Crippen molar-refractivity contribution in [3.05, 3.63) is 107 Å². The number of benzene rings is 3. The molecule has 0 aliphatic carbocycles. The summed E-state index contributed by atoms with van der Waals surface area (Å²) in [4.78, 5) is 24.4. The summed E-state index contributed by atoms with van der Waals surface area (Å²) in [7, 11) is 0. The molecular weight excluding hydrogens is 331 g/mol. The minimum Gasteiger partial charge on any atom is -0.422 e. The number of para-hydroxylation sites is 1. The van der Waals surface area contributed by atoms with Gasteiger partial charge in [-0.05, 0) is 42.5 Å². The predicted molar refractivity (Wildman–Crippen MR) is 97.6 cm³/mol. The van der Waals surface area contributed by atoms with Gasteiger partial charge >= 0.3 is 5.97 Å². The van der Waals surface area contributed by atoms with Gasteiger partial charge in [-0.25, -0.2) is 9.18 Å². The maximum absolute atomic E-state index is 13.0. The summed E-state index contributed by atoms with van der Waals surface area (Å²) in [5, 5.41) is 0. The van der Waals surface area contributed by atoms with Crippen molar-refractivity contribution in [3.63, 3.8) is 0 Å². The maximum Gasteiger partial charge on any atom is 0.343 e. The van der Waals surface area contributed by atoms with E-state index in [1.54, 1.807) is 54.6 Å². The Labute approximate surface area is 150 Å². The third kappa shape index (κ3) is 4.30. The first kappa shape index (κ1) is 17.3. The monoisotopic (exact) mass is 346 g/mol. The van der Waals surface area contributed by atoms with Crippen LogP contribution < -0.4 is 4.74 Å². The van der Waals surface area contributed by atoms with Crippen molar-refractivity contribution in [2.45, 2.75) is 0 Å².